The lowest BCUT2D eigenvalue weighted by Gasteiger charge is -2.31. The van der Waals surface area contributed by atoms with Gasteiger partial charge in [0.05, 0.1) is 13.7 Å². The van der Waals surface area contributed by atoms with E-state index in [2.05, 4.69) is 5.32 Å². The lowest BCUT2D eigenvalue weighted by molar-refractivity contribution is -0.155. The predicted molar refractivity (Wildman–Crippen MR) is 178 cm³/mol. The molecule has 0 fully saturated rings. The van der Waals surface area contributed by atoms with Crippen molar-refractivity contribution in [2.75, 3.05) is 26.9 Å². The highest BCUT2D eigenvalue weighted by Gasteiger charge is 2.54. The number of ether oxygens (including phenoxy) is 4. The minimum Gasteiger partial charge on any atom is -0.497 e. The number of nitrogens with one attached hydrogen (secondary N) is 1. The van der Waals surface area contributed by atoms with Crippen LogP contribution in [-0.2, 0) is 25.5 Å². The molecule has 0 unspecified atom stereocenters. The molecule has 3 aromatic carbocycles. The summed E-state index contributed by atoms with van der Waals surface area (Å²) in [5, 5.41) is 12.8. The Bertz CT molecular complexity index is 1520. The van der Waals surface area contributed by atoms with Gasteiger partial charge in [0.2, 0.25) is 5.90 Å². The third kappa shape index (κ3) is 9.15. The Hall–Kier alpha value is -3.79. The summed E-state index contributed by atoms with van der Waals surface area (Å²) in [4.78, 5) is 32.2. The van der Waals surface area contributed by atoms with Gasteiger partial charge < -0.3 is 29.4 Å². The van der Waals surface area contributed by atoms with Gasteiger partial charge in [-0.05, 0) is 87.7 Å². The molecule has 1 aliphatic heterocycles. The molecule has 0 bridgehead atoms. The van der Waals surface area contributed by atoms with Crippen molar-refractivity contribution in [1.82, 2.24) is 5.32 Å². The summed E-state index contributed by atoms with van der Waals surface area (Å²) in [6, 6.07) is 19.6. The number of halogens is 2. The quantitative estimate of drug-likeness (QED) is 0.149. The van der Waals surface area contributed by atoms with Gasteiger partial charge in [-0.1, -0.05) is 41.4 Å². The van der Waals surface area contributed by atoms with Crippen LogP contribution >= 0.6 is 23.2 Å². The van der Waals surface area contributed by atoms with Crippen LogP contribution in [0.15, 0.2) is 71.7 Å². The van der Waals surface area contributed by atoms with Gasteiger partial charge in [-0.15, -0.1) is 0 Å². The van der Waals surface area contributed by atoms with E-state index < -0.39 is 29.1 Å². The minimum atomic E-state index is -1.57. The Kier molecular flexibility index (Phi) is 11.9. The number of aliphatic imine (C=N–C) groups is 1. The van der Waals surface area contributed by atoms with Crippen LogP contribution in [0.1, 0.15) is 62.8 Å². The molecular formula is C35H40Cl2N2O7. The Morgan fingerprint density at radius 2 is 1.72 bits per heavy atom. The van der Waals surface area contributed by atoms with E-state index >= 15 is 0 Å². The van der Waals surface area contributed by atoms with E-state index in [1.165, 1.54) is 0 Å². The Morgan fingerprint density at radius 3 is 2.35 bits per heavy atom. The van der Waals surface area contributed by atoms with Crippen LogP contribution in [-0.4, -0.2) is 60.9 Å². The van der Waals surface area contributed by atoms with E-state index in [-0.39, 0.29) is 25.3 Å². The third-order valence-electron chi connectivity index (χ3n) is 7.26. The maximum atomic E-state index is 14.3. The molecule has 246 valence electrons. The van der Waals surface area contributed by atoms with Crippen molar-refractivity contribution in [2.45, 2.75) is 63.7 Å². The topological polar surface area (TPSA) is 116 Å². The Labute approximate surface area is 279 Å². The van der Waals surface area contributed by atoms with Crippen molar-refractivity contribution in [3.8, 4) is 11.5 Å². The fourth-order valence-electron chi connectivity index (χ4n) is 5.01. The molecule has 0 aliphatic carbocycles. The maximum Gasteiger partial charge on any atom is 0.306 e. The van der Waals surface area contributed by atoms with Gasteiger partial charge in [-0.2, -0.15) is 0 Å². The van der Waals surface area contributed by atoms with Gasteiger partial charge in [0.25, 0.3) is 5.91 Å². The van der Waals surface area contributed by atoms with E-state index in [4.69, 9.17) is 52.2 Å². The lowest BCUT2D eigenvalue weighted by Crippen LogP contribution is -2.49. The van der Waals surface area contributed by atoms with Crippen molar-refractivity contribution >= 4 is 41.0 Å². The molecule has 1 heterocycles. The monoisotopic (exact) mass is 670 g/mol. The summed E-state index contributed by atoms with van der Waals surface area (Å²) in [5.74, 6) is 0.686. The van der Waals surface area contributed by atoms with E-state index in [1.54, 1.807) is 70.3 Å². The van der Waals surface area contributed by atoms with E-state index in [0.717, 1.165) is 11.3 Å². The molecule has 46 heavy (non-hydrogen) atoms. The molecule has 2 N–H and O–H groups in total. The van der Waals surface area contributed by atoms with Gasteiger partial charge in [0, 0.05) is 47.2 Å². The first-order chi connectivity index (χ1) is 21.9. The number of esters is 1. The second-order valence-corrected chi connectivity index (χ2v) is 12.7. The first-order valence-electron chi connectivity index (χ1n) is 15.1. The molecule has 0 saturated heterocycles. The van der Waals surface area contributed by atoms with Gasteiger partial charge in [-0.3, -0.25) is 9.59 Å². The van der Waals surface area contributed by atoms with Gasteiger partial charge in [0.1, 0.15) is 17.1 Å². The van der Waals surface area contributed by atoms with Crippen molar-refractivity contribution in [3.63, 3.8) is 0 Å². The zero-order chi connectivity index (χ0) is 33.3. The summed E-state index contributed by atoms with van der Waals surface area (Å²) in [5.41, 5.74) is -0.155. The number of hydrogen-bond donors (Lipinski definition) is 2. The summed E-state index contributed by atoms with van der Waals surface area (Å²) in [6.45, 7) is 6.07. The summed E-state index contributed by atoms with van der Waals surface area (Å²) < 4.78 is 23.0. The summed E-state index contributed by atoms with van der Waals surface area (Å²) in [6.07, 6.45) is -0.0148. The molecule has 1 amide bonds. The summed E-state index contributed by atoms with van der Waals surface area (Å²) in [7, 11) is 1.61. The molecular weight excluding hydrogens is 631 g/mol. The second kappa shape index (κ2) is 15.7. The van der Waals surface area contributed by atoms with Crippen LogP contribution in [0.5, 0.6) is 11.5 Å². The number of aliphatic hydroxyl groups is 1. The standard InChI is InChI=1S/C35H40Cl2N2O7/c1-34(2,3)46-30(41)16-18-35(33(42)38-19-17-23-6-11-26(43-4)12-7-23)31(28-15-10-25(36)22-29(28)37)45-32(39-35)24-8-13-27(14-9-24)44-21-5-20-40/h6-15,22,31,40H,5,16-21H2,1-4H3,(H,38,42)/t31-,35-/m1/s1. The lowest BCUT2D eigenvalue weighted by atomic mass is 9.83. The number of amides is 1. The van der Waals surface area contributed by atoms with Crippen molar-refractivity contribution < 1.29 is 33.6 Å². The number of nitrogens with zero attached hydrogens (tertiary/aromatic N) is 1. The van der Waals surface area contributed by atoms with Crippen LogP contribution in [0.4, 0.5) is 0 Å². The molecule has 9 nitrogen and oxygen atoms in total. The number of carbonyl (C=O) groups is 2. The van der Waals surface area contributed by atoms with Crippen LogP contribution in [0, 0.1) is 0 Å². The van der Waals surface area contributed by atoms with Crippen molar-refractivity contribution in [1.29, 1.82) is 0 Å². The molecule has 0 aromatic heterocycles. The second-order valence-electron chi connectivity index (χ2n) is 11.9. The van der Waals surface area contributed by atoms with E-state index in [9.17, 15) is 9.59 Å². The van der Waals surface area contributed by atoms with Crippen LogP contribution in [0.2, 0.25) is 10.0 Å². The Morgan fingerprint density at radius 1 is 1.02 bits per heavy atom. The molecule has 11 heteroatoms. The molecule has 2 atom stereocenters. The largest absolute Gasteiger partial charge is 0.497 e. The highest BCUT2D eigenvalue weighted by atomic mass is 35.5. The fourth-order valence-corrected chi connectivity index (χ4v) is 5.52. The molecule has 3 aromatic rings. The third-order valence-corrected chi connectivity index (χ3v) is 7.83. The van der Waals surface area contributed by atoms with Gasteiger partial charge in [0.15, 0.2) is 11.6 Å². The van der Waals surface area contributed by atoms with Crippen molar-refractivity contribution in [2.24, 2.45) is 4.99 Å². The smallest absolute Gasteiger partial charge is 0.306 e. The summed E-state index contributed by atoms with van der Waals surface area (Å²) >= 11 is 12.9. The molecule has 1 aliphatic rings. The maximum absolute atomic E-state index is 14.3. The van der Waals surface area contributed by atoms with E-state index in [0.29, 0.717) is 52.9 Å². The SMILES string of the molecule is COc1ccc(CCNC(=O)[C@]2(CCC(=O)OC(C)(C)C)N=C(c3ccc(OCCCO)cc3)O[C@@H]2c2ccc(Cl)cc2Cl)cc1. The number of rotatable bonds is 14. The van der Waals surface area contributed by atoms with Crippen LogP contribution < -0.4 is 14.8 Å². The minimum absolute atomic E-state index is 0.00818. The van der Waals surface area contributed by atoms with Crippen LogP contribution in [0.3, 0.4) is 0 Å². The van der Waals surface area contributed by atoms with Crippen LogP contribution in [0.25, 0.3) is 0 Å². The number of aliphatic hydroxyl groups excluding tert-OH is 1. The first-order valence-corrected chi connectivity index (χ1v) is 15.9. The number of hydrogen-bond acceptors (Lipinski definition) is 8. The van der Waals surface area contributed by atoms with Crippen molar-refractivity contribution in [3.05, 3.63) is 93.5 Å². The van der Waals surface area contributed by atoms with E-state index in [1.807, 2.05) is 24.3 Å². The number of carbonyl (C=O) groups excluding carboxylic acids is 2. The Balaban J connectivity index is 1.69. The highest BCUT2D eigenvalue weighted by molar-refractivity contribution is 6.35. The molecule has 0 spiro atoms. The predicted octanol–water partition coefficient (Wildman–Crippen LogP) is 6.50. The normalized spacial score (nSPS) is 17.5. The fraction of sp³-hybridized carbons (Fsp3) is 0.400. The van der Waals surface area contributed by atoms with Gasteiger partial charge >= 0.3 is 5.97 Å². The zero-order valence-corrected chi connectivity index (χ0v) is 28.0. The number of methoxy groups -OCH3 is 1. The molecule has 0 radical (unpaired) electrons. The zero-order valence-electron chi connectivity index (χ0n) is 26.5. The van der Waals surface area contributed by atoms with Gasteiger partial charge in [-0.25, -0.2) is 4.99 Å². The first kappa shape index (κ1) is 35.1. The number of benzene rings is 3. The highest BCUT2D eigenvalue weighted by Crippen LogP contribution is 2.45. The average molecular weight is 672 g/mol. The molecule has 4 rings (SSSR count). The average Bonchev–Trinajstić information content (AvgIpc) is 3.40. The molecule has 0 saturated carbocycles.